The number of rotatable bonds is 7. The predicted octanol–water partition coefficient (Wildman–Crippen LogP) is 3.32. The number of nitrogens with one attached hydrogen (secondary N) is 1. The minimum atomic E-state index is 0.225. The fourth-order valence-electron chi connectivity index (χ4n) is 1.90. The number of pyridine rings is 1. The van der Waals surface area contributed by atoms with Crippen molar-refractivity contribution in [2.24, 2.45) is 0 Å². The molecular weight excluding hydrogens is 212 g/mol. The van der Waals surface area contributed by atoms with E-state index < -0.39 is 0 Å². The van der Waals surface area contributed by atoms with Gasteiger partial charge < -0.3 is 10.1 Å². The van der Waals surface area contributed by atoms with Crippen LogP contribution in [0.25, 0.3) is 0 Å². The molecule has 0 amide bonds. The first-order valence-electron chi connectivity index (χ1n) is 6.54. The third kappa shape index (κ3) is 4.35. The molecule has 1 N–H and O–H groups in total. The van der Waals surface area contributed by atoms with E-state index in [2.05, 4.69) is 44.1 Å². The van der Waals surface area contributed by atoms with E-state index in [4.69, 9.17) is 4.74 Å². The maximum Gasteiger partial charge on any atom is 0.218 e. The summed E-state index contributed by atoms with van der Waals surface area (Å²) in [6.07, 6.45) is 4.20. The maximum absolute atomic E-state index is 5.90. The molecule has 0 spiro atoms. The maximum atomic E-state index is 5.90. The van der Waals surface area contributed by atoms with Crippen molar-refractivity contribution in [3.05, 3.63) is 23.9 Å². The van der Waals surface area contributed by atoms with Crippen LogP contribution in [0.3, 0.4) is 0 Å². The highest BCUT2D eigenvalue weighted by Gasteiger charge is 2.13. The molecule has 3 nitrogen and oxygen atoms in total. The molecule has 3 heteroatoms. The smallest absolute Gasteiger partial charge is 0.218 e. The molecule has 2 atom stereocenters. The van der Waals surface area contributed by atoms with Crippen LogP contribution in [-0.4, -0.2) is 17.6 Å². The highest BCUT2D eigenvalue weighted by molar-refractivity contribution is 5.28. The van der Waals surface area contributed by atoms with E-state index in [1.165, 1.54) is 0 Å². The second kappa shape index (κ2) is 7.28. The average molecular weight is 236 g/mol. The zero-order chi connectivity index (χ0) is 12.7. The lowest BCUT2D eigenvalue weighted by Crippen LogP contribution is -2.20. The number of ether oxygens (including phenoxy) is 1. The molecule has 1 rings (SSSR count). The Morgan fingerprint density at radius 3 is 2.76 bits per heavy atom. The predicted molar refractivity (Wildman–Crippen MR) is 71.3 cm³/mol. The summed E-state index contributed by atoms with van der Waals surface area (Å²) in [6.45, 7) is 9.45. The Morgan fingerprint density at radius 2 is 2.12 bits per heavy atom. The third-order valence-corrected chi connectivity index (χ3v) is 2.79. The molecular formula is C14H24N2O. The van der Waals surface area contributed by atoms with Crippen molar-refractivity contribution in [3.8, 4) is 5.88 Å². The summed E-state index contributed by atoms with van der Waals surface area (Å²) in [4.78, 5) is 4.34. The molecule has 0 saturated carbocycles. The van der Waals surface area contributed by atoms with Crippen LogP contribution in [0.2, 0.25) is 0 Å². The number of aromatic nitrogens is 1. The van der Waals surface area contributed by atoms with Gasteiger partial charge in [-0.1, -0.05) is 26.3 Å². The molecule has 96 valence electrons. The number of nitrogens with zero attached hydrogens (tertiary/aromatic N) is 1. The van der Waals surface area contributed by atoms with Crippen molar-refractivity contribution in [2.75, 3.05) is 6.54 Å². The summed E-state index contributed by atoms with van der Waals surface area (Å²) < 4.78 is 5.90. The topological polar surface area (TPSA) is 34.1 Å². The third-order valence-electron chi connectivity index (χ3n) is 2.79. The molecule has 17 heavy (non-hydrogen) atoms. The van der Waals surface area contributed by atoms with E-state index >= 15 is 0 Å². The minimum Gasteiger partial charge on any atom is -0.474 e. The van der Waals surface area contributed by atoms with Crippen LogP contribution in [0.1, 0.15) is 52.1 Å². The van der Waals surface area contributed by atoms with Crippen molar-refractivity contribution in [3.63, 3.8) is 0 Å². The zero-order valence-electron chi connectivity index (χ0n) is 11.4. The van der Waals surface area contributed by atoms with Gasteiger partial charge in [0.1, 0.15) is 0 Å². The van der Waals surface area contributed by atoms with Gasteiger partial charge in [0.2, 0.25) is 5.88 Å². The zero-order valence-corrected chi connectivity index (χ0v) is 11.4. The van der Waals surface area contributed by atoms with Crippen LogP contribution in [0.5, 0.6) is 5.88 Å². The largest absolute Gasteiger partial charge is 0.474 e. The fourth-order valence-corrected chi connectivity index (χ4v) is 1.90. The van der Waals surface area contributed by atoms with Crippen LogP contribution in [0, 0.1) is 0 Å². The molecule has 1 aromatic rings. The first-order valence-corrected chi connectivity index (χ1v) is 6.54. The van der Waals surface area contributed by atoms with E-state index in [1.54, 1.807) is 6.20 Å². The van der Waals surface area contributed by atoms with Gasteiger partial charge in [-0.3, -0.25) is 0 Å². The van der Waals surface area contributed by atoms with Gasteiger partial charge in [-0.25, -0.2) is 4.98 Å². The van der Waals surface area contributed by atoms with Crippen LogP contribution in [0.15, 0.2) is 18.3 Å². The van der Waals surface area contributed by atoms with Gasteiger partial charge in [0.25, 0.3) is 0 Å². The summed E-state index contributed by atoms with van der Waals surface area (Å²) in [5.41, 5.74) is 1.14. The molecule has 0 saturated heterocycles. The first-order chi connectivity index (χ1) is 8.19. The van der Waals surface area contributed by atoms with E-state index in [0.29, 0.717) is 0 Å². The molecule has 0 aromatic carbocycles. The van der Waals surface area contributed by atoms with Gasteiger partial charge >= 0.3 is 0 Å². The van der Waals surface area contributed by atoms with Gasteiger partial charge in [0.05, 0.1) is 6.10 Å². The minimum absolute atomic E-state index is 0.225. The lowest BCUT2D eigenvalue weighted by molar-refractivity contribution is 0.198. The van der Waals surface area contributed by atoms with Gasteiger partial charge in [0.15, 0.2) is 0 Å². The van der Waals surface area contributed by atoms with Crippen molar-refractivity contribution in [2.45, 2.75) is 52.7 Å². The normalized spacial score (nSPS) is 14.4. The van der Waals surface area contributed by atoms with Crippen molar-refractivity contribution >= 4 is 0 Å². The van der Waals surface area contributed by atoms with Crippen molar-refractivity contribution < 1.29 is 4.74 Å². The van der Waals surface area contributed by atoms with Crippen LogP contribution in [-0.2, 0) is 0 Å². The average Bonchev–Trinajstić information content (AvgIpc) is 2.30. The monoisotopic (exact) mass is 236 g/mol. The quantitative estimate of drug-likeness (QED) is 0.788. The lowest BCUT2D eigenvalue weighted by atomic mass is 10.1. The lowest BCUT2D eigenvalue weighted by Gasteiger charge is -2.19. The Hall–Kier alpha value is -1.09. The summed E-state index contributed by atoms with van der Waals surface area (Å²) in [5.74, 6) is 0.766. The van der Waals surface area contributed by atoms with E-state index in [9.17, 15) is 0 Å². The molecule has 1 heterocycles. The SMILES string of the molecule is CCCC(C)Oc1ncccc1C(C)NCC. The van der Waals surface area contributed by atoms with Crippen molar-refractivity contribution in [1.29, 1.82) is 0 Å². The summed E-state index contributed by atoms with van der Waals surface area (Å²) in [7, 11) is 0. The second-order valence-corrected chi connectivity index (χ2v) is 4.39. The molecule has 0 fully saturated rings. The molecule has 2 unspecified atom stereocenters. The highest BCUT2D eigenvalue weighted by Crippen LogP contribution is 2.23. The van der Waals surface area contributed by atoms with E-state index in [-0.39, 0.29) is 12.1 Å². The highest BCUT2D eigenvalue weighted by atomic mass is 16.5. The number of hydrogen-bond acceptors (Lipinski definition) is 3. The second-order valence-electron chi connectivity index (χ2n) is 4.39. The number of hydrogen-bond donors (Lipinski definition) is 1. The summed E-state index contributed by atoms with van der Waals surface area (Å²) >= 11 is 0. The molecule has 0 aliphatic carbocycles. The Balaban J connectivity index is 2.76. The van der Waals surface area contributed by atoms with Gasteiger partial charge in [0, 0.05) is 17.8 Å². The molecule has 0 bridgehead atoms. The van der Waals surface area contributed by atoms with Crippen LogP contribution in [0.4, 0.5) is 0 Å². The first kappa shape index (κ1) is 14.0. The Labute approximate surface area is 105 Å². The van der Waals surface area contributed by atoms with Crippen LogP contribution < -0.4 is 10.1 Å². The Kier molecular flexibility index (Phi) is 5.98. The summed E-state index contributed by atoms with van der Waals surface area (Å²) in [6, 6.07) is 4.31. The molecule has 0 aliphatic heterocycles. The summed E-state index contributed by atoms with van der Waals surface area (Å²) in [5, 5.41) is 3.39. The van der Waals surface area contributed by atoms with Crippen molar-refractivity contribution in [1.82, 2.24) is 10.3 Å². The fraction of sp³-hybridized carbons (Fsp3) is 0.643. The molecule has 0 aliphatic rings. The standard InChI is InChI=1S/C14H24N2O/c1-5-8-11(3)17-14-13(9-7-10-16-14)12(4)15-6-2/h7,9-12,15H,5-6,8H2,1-4H3. The Morgan fingerprint density at radius 1 is 1.35 bits per heavy atom. The molecule has 0 radical (unpaired) electrons. The van der Waals surface area contributed by atoms with Crippen LogP contribution >= 0.6 is 0 Å². The van der Waals surface area contributed by atoms with E-state index in [0.717, 1.165) is 30.8 Å². The van der Waals surface area contributed by atoms with E-state index in [1.807, 2.05) is 6.07 Å². The molecule has 1 aromatic heterocycles. The van der Waals surface area contributed by atoms with Gasteiger partial charge in [-0.15, -0.1) is 0 Å². The Bertz CT molecular complexity index is 328. The van der Waals surface area contributed by atoms with Gasteiger partial charge in [-0.2, -0.15) is 0 Å². The van der Waals surface area contributed by atoms with Gasteiger partial charge in [-0.05, 0) is 32.9 Å².